The molecule has 0 aliphatic carbocycles. The quantitative estimate of drug-likeness (QED) is 0.771. The van der Waals surface area contributed by atoms with Gasteiger partial charge in [0.25, 0.3) is 0 Å². The molecule has 90 valence electrons. The molecular formula is C13H20FNS. The monoisotopic (exact) mass is 241 g/mol. The smallest absolute Gasteiger partial charge is 0.123 e. The zero-order valence-electron chi connectivity index (χ0n) is 10.0. The molecule has 1 rings (SSSR count). The molecule has 0 saturated heterocycles. The molecule has 1 aromatic carbocycles. The third-order valence-electron chi connectivity index (χ3n) is 2.36. The zero-order chi connectivity index (χ0) is 12.0. The average molecular weight is 241 g/mol. The van der Waals surface area contributed by atoms with Crippen LogP contribution < -0.4 is 5.73 Å². The van der Waals surface area contributed by atoms with Crippen molar-refractivity contribution >= 4 is 11.8 Å². The van der Waals surface area contributed by atoms with Crippen LogP contribution in [0.2, 0.25) is 0 Å². The molecule has 0 saturated carbocycles. The van der Waals surface area contributed by atoms with E-state index in [0.29, 0.717) is 6.54 Å². The molecule has 0 aliphatic rings. The summed E-state index contributed by atoms with van der Waals surface area (Å²) in [6.45, 7) is 4.84. The lowest BCUT2D eigenvalue weighted by Gasteiger charge is -2.06. The number of hydrogen-bond acceptors (Lipinski definition) is 2. The predicted molar refractivity (Wildman–Crippen MR) is 69.9 cm³/mol. The van der Waals surface area contributed by atoms with E-state index in [1.165, 1.54) is 12.5 Å². The van der Waals surface area contributed by atoms with Gasteiger partial charge in [-0.05, 0) is 41.4 Å². The summed E-state index contributed by atoms with van der Waals surface area (Å²) in [5.41, 5.74) is 7.42. The lowest BCUT2D eigenvalue weighted by Crippen LogP contribution is -1.98. The fraction of sp³-hybridized carbons (Fsp3) is 0.538. The number of halogens is 1. The van der Waals surface area contributed by atoms with Crippen molar-refractivity contribution in [1.29, 1.82) is 0 Å². The summed E-state index contributed by atoms with van der Waals surface area (Å²) in [6, 6.07) is 5.09. The second-order valence-electron chi connectivity index (χ2n) is 4.41. The van der Waals surface area contributed by atoms with E-state index in [0.717, 1.165) is 28.6 Å². The molecule has 1 nitrogen and oxygen atoms in total. The van der Waals surface area contributed by atoms with Gasteiger partial charge in [0.1, 0.15) is 5.82 Å². The minimum atomic E-state index is -0.178. The molecule has 2 N–H and O–H groups in total. The van der Waals surface area contributed by atoms with Gasteiger partial charge in [-0.15, -0.1) is 0 Å². The van der Waals surface area contributed by atoms with Crippen LogP contribution >= 0.6 is 11.8 Å². The van der Waals surface area contributed by atoms with Crippen LogP contribution in [0.25, 0.3) is 0 Å². The molecule has 0 fully saturated rings. The highest BCUT2D eigenvalue weighted by atomic mass is 32.2. The molecule has 16 heavy (non-hydrogen) atoms. The fourth-order valence-electron chi connectivity index (χ4n) is 1.43. The van der Waals surface area contributed by atoms with Crippen molar-refractivity contribution in [2.75, 3.05) is 5.75 Å². The largest absolute Gasteiger partial charge is 0.326 e. The first-order valence-corrected chi connectivity index (χ1v) is 6.83. The van der Waals surface area contributed by atoms with Crippen molar-refractivity contribution < 1.29 is 4.39 Å². The van der Waals surface area contributed by atoms with Crippen LogP contribution in [-0.2, 0) is 12.3 Å². The highest BCUT2D eigenvalue weighted by Gasteiger charge is 2.01. The molecule has 0 spiro atoms. The number of benzene rings is 1. The highest BCUT2D eigenvalue weighted by Crippen LogP contribution is 2.17. The van der Waals surface area contributed by atoms with Crippen LogP contribution in [0.15, 0.2) is 18.2 Å². The van der Waals surface area contributed by atoms with Crippen molar-refractivity contribution in [2.24, 2.45) is 11.7 Å². The van der Waals surface area contributed by atoms with Crippen molar-refractivity contribution in [3.8, 4) is 0 Å². The Morgan fingerprint density at radius 2 is 1.94 bits per heavy atom. The Morgan fingerprint density at radius 3 is 2.56 bits per heavy atom. The highest BCUT2D eigenvalue weighted by molar-refractivity contribution is 7.98. The molecule has 0 aromatic heterocycles. The maximum atomic E-state index is 13.2. The van der Waals surface area contributed by atoms with Crippen LogP contribution in [0.5, 0.6) is 0 Å². The Hall–Kier alpha value is -0.540. The SMILES string of the molecule is CC(C)CCSCc1cc(F)cc(CN)c1. The molecule has 0 atom stereocenters. The van der Waals surface area contributed by atoms with Gasteiger partial charge in [0.2, 0.25) is 0 Å². The van der Waals surface area contributed by atoms with Gasteiger partial charge >= 0.3 is 0 Å². The predicted octanol–water partition coefficient (Wildman–Crippen LogP) is 3.56. The van der Waals surface area contributed by atoms with Crippen LogP contribution in [0.4, 0.5) is 4.39 Å². The summed E-state index contributed by atoms with van der Waals surface area (Å²) in [5.74, 6) is 2.56. The van der Waals surface area contributed by atoms with E-state index in [4.69, 9.17) is 5.73 Å². The number of nitrogens with two attached hydrogens (primary N) is 1. The van der Waals surface area contributed by atoms with Gasteiger partial charge in [0, 0.05) is 12.3 Å². The molecule has 0 amide bonds. The molecular weight excluding hydrogens is 221 g/mol. The van der Waals surface area contributed by atoms with Gasteiger partial charge < -0.3 is 5.73 Å². The summed E-state index contributed by atoms with van der Waals surface area (Å²) in [4.78, 5) is 0. The average Bonchev–Trinajstić information content (AvgIpc) is 2.23. The van der Waals surface area contributed by atoms with E-state index in [2.05, 4.69) is 13.8 Å². The van der Waals surface area contributed by atoms with Gasteiger partial charge in [-0.3, -0.25) is 0 Å². The van der Waals surface area contributed by atoms with Crippen LogP contribution in [0.1, 0.15) is 31.4 Å². The standard InChI is InChI=1S/C13H20FNS/c1-10(2)3-4-16-9-12-5-11(8-15)6-13(14)7-12/h5-7,10H,3-4,8-9,15H2,1-2H3. The number of hydrogen-bond donors (Lipinski definition) is 1. The Balaban J connectivity index is 2.44. The van der Waals surface area contributed by atoms with Crippen molar-refractivity contribution in [3.63, 3.8) is 0 Å². The van der Waals surface area contributed by atoms with Crippen LogP contribution in [0, 0.1) is 11.7 Å². The number of rotatable bonds is 6. The second-order valence-corrected chi connectivity index (χ2v) is 5.51. The molecule has 0 radical (unpaired) electrons. The van der Waals surface area contributed by atoms with E-state index in [9.17, 15) is 4.39 Å². The van der Waals surface area contributed by atoms with Gasteiger partial charge in [0.15, 0.2) is 0 Å². The maximum absolute atomic E-state index is 13.2. The van der Waals surface area contributed by atoms with E-state index in [1.54, 1.807) is 6.07 Å². The van der Waals surface area contributed by atoms with Crippen molar-refractivity contribution in [1.82, 2.24) is 0 Å². The molecule has 1 aromatic rings. The Morgan fingerprint density at radius 1 is 1.25 bits per heavy atom. The summed E-state index contributed by atoms with van der Waals surface area (Å²) < 4.78 is 13.2. The molecule has 0 bridgehead atoms. The molecule has 0 aliphatic heterocycles. The van der Waals surface area contributed by atoms with Gasteiger partial charge in [-0.1, -0.05) is 19.9 Å². The molecule has 0 unspecified atom stereocenters. The summed E-state index contributed by atoms with van der Waals surface area (Å²) in [6.07, 6.45) is 1.21. The fourth-order valence-corrected chi connectivity index (χ4v) is 2.61. The second kappa shape index (κ2) is 6.92. The van der Waals surface area contributed by atoms with E-state index < -0.39 is 0 Å². The van der Waals surface area contributed by atoms with E-state index >= 15 is 0 Å². The van der Waals surface area contributed by atoms with Gasteiger partial charge in [-0.2, -0.15) is 11.8 Å². The van der Waals surface area contributed by atoms with Crippen LogP contribution in [0.3, 0.4) is 0 Å². The topological polar surface area (TPSA) is 26.0 Å². The number of thioether (sulfide) groups is 1. The minimum absolute atomic E-state index is 0.178. The summed E-state index contributed by atoms with van der Waals surface area (Å²) in [5, 5.41) is 0. The first-order valence-electron chi connectivity index (χ1n) is 5.68. The molecule has 0 heterocycles. The zero-order valence-corrected chi connectivity index (χ0v) is 10.8. The third kappa shape index (κ3) is 4.99. The van der Waals surface area contributed by atoms with Crippen molar-refractivity contribution in [3.05, 3.63) is 35.1 Å². The van der Waals surface area contributed by atoms with E-state index in [-0.39, 0.29) is 5.82 Å². The lowest BCUT2D eigenvalue weighted by atomic mass is 10.1. The normalized spacial score (nSPS) is 11.1. The molecule has 3 heteroatoms. The summed E-state index contributed by atoms with van der Waals surface area (Å²) >= 11 is 1.86. The van der Waals surface area contributed by atoms with Crippen LogP contribution in [-0.4, -0.2) is 5.75 Å². The first-order chi connectivity index (χ1) is 7.61. The first kappa shape index (κ1) is 13.5. The van der Waals surface area contributed by atoms with Crippen molar-refractivity contribution in [2.45, 2.75) is 32.6 Å². The van der Waals surface area contributed by atoms with E-state index in [1.807, 2.05) is 17.8 Å². The van der Waals surface area contributed by atoms with Gasteiger partial charge in [-0.25, -0.2) is 4.39 Å². The lowest BCUT2D eigenvalue weighted by molar-refractivity contribution is 0.623. The summed E-state index contributed by atoms with van der Waals surface area (Å²) in [7, 11) is 0. The minimum Gasteiger partial charge on any atom is -0.326 e. The Labute approximate surface area is 102 Å². The Bertz CT molecular complexity index is 326. The maximum Gasteiger partial charge on any atom is 0.123 e. The van der Waals surface area contributed by atoms with Gasteiger partial charge in [0.05, 0.1) is 0 Å². The third-order valence-corrected chi connectivity index (χ3v) is 3.42. The Kier molecular flexibility index (Phi) is 5.85.